The van der Waals surface area contributed by atoms with Crippen molar-refractivity contribution in [1.82, 2.24) is 0 Å². The van der Waals surface area contributed by atoms with Crippen molar-refractivity contribution >= 4 is 64.6 Å². The van der Waals surface area contributed by atoms with Crippen LogP contribution in [0.1, 0.15) is 49.9 Å². The van der Waals surface area contributed by atoms with Gasteiger partial charge in [0.15, 0.2) is 0 Å². The molecule has 108 heavy (non-hydrogen) atoms. The fourth-order valence-electron chi connectivity index (χ4n) is 18.3. The summed E-state index contributed by atoms with van der Waals surface area (Å²) in [5.41, 5.74) is 33.2. The summed E-state index contributed by atoms with van der Waals surface area (Å²) in [6.45, 7) is 9.49. The monoisotopic (exact) mass is 1370 g/mol. The van der Waals surface area contributed by atoms with Gasteiger partial charge in [-0.3, -0.25) is 0 Å². The first-order valence-electron chi connectivity index (χ1n) is 37.9. The van der Waals surface area contributed by atoms with E-state index in [9.17, 15) is 0 Å². The average molecular weight is 1370 g/mol. The second-order valence-electron chi connectivity index (χ2n) is 30.5. The molecule has 2 aliphatic rings. The molecule has 0 bridgehead atoms. The first kappa shape index (κ1) is 64.4. The topological polar surface area (TPSA) is 0 Å². The molecule has 0 nitrogen and oxygen atoms in total. The van der Waals surface area contributed by atoms with Crippen LogP contribution < -0.4 is 0 Å². The number of hydrogen-bond acceptors (Lipinski definition) is 0. The lowest BCUT2D eigenvalue weighted by molar-refractivity contribution is 0.660. The normalized spacial score (nSPS) is 13.0. The number of fused-ring (bicyclic) bond motifs is 12. The van der Waals surface area contributed by atoms with E-state index < -0.39 is 0 Å². The Morgan fingerprint density at radius 2 is 0.426 bits per heavy atom. The zero-order valence-corrected chi connectivity index (χ0v) is 61.0. The summed E-state index contributed by atoms with van der Waals surface area (Å²) < 4.78 is 0. The molecule has 19 aromatic rings. The Morgan fingerprint density at radius 1 is 0.139 bits per heavy atom. The summed E-state index contributed by atoms with van der Waals surface area (Å²) in [6, 6.07) is 144. The van der Waals surface area contributed by atoms with E-state index in [1.54, 1.807) is 0 Å². The lowest BCUT2D eigenvalue weighted by Crippen LogP contribution is -2.14. The lowest BCUT2D eigenvalue weighted by atomic mass is 9.80. The molecule has 0 spiro atoms. The Morgan fingerprint density at radius 3 is 0.935 bits per heavy atom. The van der Waals surface area contributed by atoms with Gasteiger partial charge in [-0.2, -0.15) is 0 Å². The third-order valence-corrected chi connectivity index (χ3v) is 23.7. The summed E-state index contributed by atoms with van der Waals surface area (Å²) in [5, 5.41) is 15.2. The molecule has 0 atom stereocenters. The second-order valence-corrected chi connectivity index (χ2v) is 30.5. The van der Waals surface area contributed by atoms with Crippen molar-refractivity contribution in [3.63, 3.8) is 0 Å². The van der Waals surface area contributed by atoms with Crippen molar-refractivity contribution in [2.45, 2.75) is 38.5 Å². The van der Waals surface area contributed by atoms with E-state index in [1.807, 2.05) is 0 Å². The summed E-state index contributed by atoms with van der Waals surface area (Å²) in [6.07, 6.45) is 0. The Bertz CT molecular complexity index is 6800. The summed E-state index contributed by atoms with van der Waals surface area (Å²) in [5.74, 6) is 0. The van der Waals surface area contributed by atoms with E-state index >= 15 is 0 Å². The summed E-state index contributed by atoms with van der Waals surface area (Å²) >= 11 is 0. The molecule has 0 aromatic heterocycles. The van der Waals surface area contributed by atoms with Gasteiger partial charge < -0.3 is 0 Å². The van der Waals surface area contributed by atoms with Gasteiger partial charge in [-0.05, 0) is 252 Å². The maximum absolute atomic E-state index is 2.48. The molecular formula is C108H76. The zero-order valence-electron chi connectivity index (χ0n) is 61.0. The highest BCUT2D eigenvalue weighted by Crippen LogP contribution is 2.55. The van der Waals surface area contributed by atoms with Gasteiger partial charge in [0, 0.05) is 10.8 Å². The van der Waals surface area contributed by atoms with E-state index in [4.69, 9.17) is 0 Å². The van der Waals surface area contributed by atoms with Gasteiger partial charge in [-0.1, -0.05) is 373 Å². The van der Waals surface area contributed by atoms with Crippen molar-refractivity contribution in [2.24, 2.45) is 0 Å². The molecule has 0 N–H and O–H groups in total. The second kappa shape index (κ2) is 25.8. The average Bonchev–Trinajstić information content (AvgIpc) is 1.19. The third-order valence-electron chi connectivity index (χ3n) is 23.7. The molecule has 508 valence electrons. The molecule has 0 radical (unpaired) electrons. The van der Waals surface area contributed by atoms with Crippen LogP contribution in [0.2, 0.25) is 0 Å². The van der Waals surface area contributed by atoms with Gasteiger partial charge in [-0.25, -0.2) is 0 Å². The Hall–Kier alpha value is -13.3. The molecule has 0 amide bonds. The van der Waals surface area contributed by atoms with Crippen LogP contribution in [0.5, 0.6) is 0 Å². The molecule has 0 saturated heterocycles. The largest absolute Gasteiger partial charge is 0.0622 e. The van der Waals surface area contributed by atoms with E-state index in [2.05, 4.69) is 416 Å². The van der Waals surface area contributed by atoms with Crippen LogP contribution >= 0.6 is 0 Å². The van der Waals surface area contributed by atoms with E-state index in [1.165, 1.54) is 209 Å². The van der Waals surface area contributed by atoms with E-state index in [-0.39, 0.29) is 10.8 Å². The van der Waals surface area contributed by atoms with Gasteiger partial charge in [0.25, 0.3) is 0 Å². The zero-order chi connectivity index (χ0) is 72.2. The number of hydrogen-bond donors (Lipinski definition) is 0. The SMILES string of the molecule is CC1(C)c2ccccc2-c2ccc(-c3c4ccccc4c(-c4ccc5cc(-c6cccc7ccccc67)ccc5c4)c4ccc(-c5ccccc5)cc34)cc21.CC1(C)c2ccccc2-c2ccc(-c3c4ccccc4c(-c4cccc(-c5ccc(-c6ccccc6)cc5)c4)c4ccc(-c5ccccc5)cc34)cc21. The van der Waals surface area contributed by atoms with Crippen LogP contribution in [0.25, 0.3) is 187 Å². The minimum Gasteiger partial charge on any atom is -0.0622 e. The first-order chi connectivity index (χ1) is 53.1. The quantitative estimate of drug-likeness (QED) is 0.126. The van der Waals surface area contributed by atoms with Crippen LogP contribution in [0, 0.1) is 0 Å². The highest BCUT2D eigenvalue weighted by Gasteiger charge is 2.37. The van der Waals surface area contributed by atoms with Gasteiger partial charge in [0.05, 0.1) is 0 Å². The van der Waals surface area contributed by atoms with Crippen LogP contribution in [-0.2, 0) is 10.8 Å². The lowest BCUT2D eigenvalue weighted by Gasteiger charge is -2.23. The molecular weight excluding hydrogens is 1300 g/mol. The fraction of sp³-hybridized carbons (Fsp3) is 0.0556. The van der Waals surface area contributed by atoms with E-state index in [0.29, 0.717) is 0 Å². The predicted octanol–water partition coefficient (Wildman–Crippen LogP) is 29.9. The number of rotatable bonds is 9. The van der Waals surface area contributed by atoms with Crippen LogP contribution in [-0.4, -0.2) is 0 Å². The Kier molecular flexibility index (Phi) is 15.4. The molecule has 0 saturated carbocycles. The van der Waals surface area contributed by atoms with Gasteiger partial charge >= 0.3 is 0 Å². The number of benzene rings is 19. The standard InChI is InChI=1S/C55H38.C53H38/c1-55(2)51-22-11-10-18-45(51)46-29-28-42(34-52(46)55)54-48-20-9-8-19-47(48)53(49-30-27-39(33-50(49)54)35-13-4-3-5-14-35)41-26-24-37-31-40(25-23-38(37)32-41)44-21-12-16-36-15-6-7-17-43(36)44;1-53(2)49-23-12-11-20-43(49)44-30-29-42(34-50(44)53)52-46-22-10-9-21-45(46)51(47-31-28-40(33-48(47)52)36-16-7-4-8-17-36)41-19-13-18-39(32-41)38-26-24-37(25-27-38)35-14-5-3-6-15-35/h3-34H,1-2H3;3-34H,1-2H3. The first-order valence-corrected chi connectivity index (χ1v) is 37.9. The minimum absolute atomic E-state index is 0.0809. The molecule has 21 rings (SSSR count). The van der Waals surface area contributed by atoms with Gasteiger partial charge in [0.2, 0.25) is 0 Å². The maximum Gasteiger partial charge on any atom is 0.0159 e. The van der Waals surface area contributed by atoms with Crippen molar-refractivity contribution in [1.29, 1.82) is 0 Å². The molecule has 0 aliphatic heterocycles. The van der Waals surface area contributed by atoms with Gasteiger partial charge in [0.1, 0.15) is 0 Å². The highest BCUT2D eigenvalue weighted by atomic mass is 14.4. The smallest absolute Gasteiger partial charge is 0.0159 e. The molecule has 0 heterocycles. The molecule has 0 heteroatoms. The Labute approximate surface area is 631 Å². The fourth-order valence-corrected chi connectivity index (χ4v) is 18.3. The molecule has 19 aromatic carbocycles. The minimum atomic E-state index is -0.0821. The van der Waals surface area contributed by atoms with Crippen molar-refractivity contribution in [2.75, 3.05) is 0 Å². The molecule has 0 fully saturated rings. The maximum atomic E-state index is 2.48. The highest BCUT2D eigenvalue weighted by molar-refractivity contribution is 6.24. The van der Waals surface area contributed by atoms with Crippen molar-refractivity contribution in [3.8, 4) is 122 Å². The van der Waals surface area contributed by atoms with E-state index in [0.717, 1.165) is 0 Å². The molecule has 0 unspecified atom stereocenters. The van der Waals surface area contributed by atoms with Crippen molar-refractivity contribution < 1.29 is 0 Å². The molecule has 2 aliphatic carbocycles. The van der Waals surface area contributed by atoms with Crippen LogP contribution in [0.3, 0.4) is 0 Å². The van der Waals surface area contributed by atoms with Crippen LogP contribution in [0.15, 0.2) is 388 Å². The van der Waals surface area contributed by atoms with Crippen LogP contribution in [0.4, 0.5) is 0 Å². The van der Waals surface area contributed by atoms with Gasteiger partial charge in [-0.15, -0.1) is 0 Å². The third kappa shape index (κ3) is 10.7. The predicted molar refractivity (Wildman–Crippen MR) is 462 cm³/mol. The Balaban J connectivity index is 0.000000142. The van der Waals surface area contributed by atoms with Crippen molar-refractivity contribution in [3.05, 3.63) is 411 Å². The summed E-state index contributed by atoms with van der Waals surface area (Å²) in [7, 11) is 0. The summed E-state index contributed by atoms with van der Waals surface area (Å²) in [4.78, 5) is 0.